The van der Waals surface area contributed by atoms with Gasteiger partial charge in [0.05, 0.1) is 24.3 Å². The Labute approximate surface area is 115 Å². The molecule has 1 radical (unpaired) electrons. The number of ether oxygens (including phenoxy) is 1. The van der Waals surface area contributed by atoms with Gasteiger partial charge in [-0.05, 0) is 31.0 Å². The number of anilines is 1. The number of benzene rings is 1. The number of hydrogen-bond acceptors (Lipinski definition) is 5. The molecule has 6 heteroatoms. The number of amides is 1. The van der Waals surface area contributed by atoms with Crippen LogP contribution in [0.25, 0.3) is 11.1 Å². The number of nitrogens with zero attached hydrogens (tertiary/aromatic N) is 2. The van der Waals surface area contributed by atoms with Crippen LogP contribution in [0.2, 0.25) is 0 Å². The van der Waals surface area contributed by atoms with E-state index >= 15 is 0 Å². The van der Waals surface area contributed by atoms with Crippen LogP contribution in [0.4, 0.5) is 6.01 Å². The highest BCUT2D eigenvalue weighted by atomic mass is 16.5. The van der Waals surface area contributed by atoms with Gasteiger partial charge in [0.15, 0.2) is 5.58 Å². The maximum absolute atomic E-state index is 11.4. The highest BCUT2D eigenvalue weighted by Crippen LogP contribution is 2.40. The van der Waals surface area contributed by atoms with E-state index in [0.29, 0.717) is 30.3 Å². The lowest BCUT2D eigenvalue weighted by Gasteiger charge is -2.44. The zero-order valence-electron chi connectivity index (χ0n) is 10.9. The molecule has 2 saturated heterocycles. The average Bonchev–Trinajstić information content (AvgIpc) is 3.00. The summed E-state index contributed by atoms with van der Waals surface area (Å²) >= 11 is 0. The summed E-state index contributed by atoms with van der Waals surface area (Å²) in [6.07, 6.45) is 2.18. The smallest absolute Gasteiger partial charge is 0.299 e. The molecule has 2 aliphatic rings. The minimum absolute atomic E-state index is 0.0253. The quantitative estimate of drug-likeness (QED) is 0.885. The number of nitrogens with two attached hydrogens (primary N) is 1. The monoisotopic (exact) mass is 272 g/mol. The SMILES string of the molecule is NC(=O)c1[c]ccc2oc(N3CCCC34COC4)nc12. The molecule has 3 heterocycles. The molecule has 0 saturated carbocycles. The van der Waals surface area contributed by atoms with Crippen molar-refractivity contribution in [1.29, 1.82) is 0 Å². The van der Waals surface area contributed by atoms with Crippen LogP contribution in [0, 0.1) is 6.07 Å². The van der Waals surface area contributed by atoms with Gasteiger partial charge in [0.25, 0.3) is 11.9 Å². The number of primary amides is 1. The van der Waals surface area contributed by atoms with Gasteiger partial charge in [-0.25, -0.2) is 0 Å². The molecule has 1 amide bonds. The number of rotatable bonds is 2. The summed E-state index contributed by atoms with van der Waals surface area (Å²) < 4.78 is 11.2. The molecule has 1 aromatic carbocycles. The molecule has 20 heavy (non-hydrogen) atoms. The molecule has 0 aliphatic carbocycles. The zero-order chi connectivity index (χ0) is 13.7. The Bertz CT molecular complexity index is 690. The molecule has 4 rings (SSSR count). The predicted octanol–water partition coefficient (Wildman–Crippen LogP) is 1.10. The fraction of sp³-hybridized carbons (Fsp3) is 0.429. The van der Waals surface area contributed by atoms with Gasteiger partial charge < -0.3 is 19.8 Å². The predicted molar refractivity (Wildman–Crippen MR) is 71.5 cm³/mol. The van der Waals surface area contributed by atoms with Gasteiger partial charge in [0.1, 0.15) is 5.52 Å². The third kappa shape index (κ3) is 1.48. The largest absolute Gasteiger partial charge is 0.423 e. The number of hydrogen-bond donors (Lipinski definition) is 1. The van der Waals surface area contributed by atoms with Gasteiger partial charge in [-0.2, -0.15) is 4.98 Å². The molecule has 6 nitrogen and oxygen atoms in total. The Hall–Kier alpha value is -2.08. The van der Waals surface area contributed by atoms with E-state index < -0.39 is 5.91 Å². The third-order valence-electron chi connectivity index (χ3n) is 4.16. The lowest BCUT2D eigenvalue weighted by molar-refractivity contribution is -0.0520. The minimum Gasteiger partial charge on any atom is -0.423 e. The van der Waals surface area contributed by atoms with Crippen molar-refractivity contribution in [3.8, 4) is 0 Å². The Balaban J connectivity index is 1.81. The Morgan fingerprint density at radius 3 is 3.05 bits per heavy atom. The maximum atomic E-state index is 11.4. The first-order chi connectivity index (χ1) is 9.70. The Morgan fingerprint density at radius 1 is 1.50 bits per heavy atom. The fourth-order valence-corrected chi connectivity index (χ4v) is 3.06. The van der Waals surface area contributed by atoms with Crippen molar-refractivity contribution in [3.05, 3.63) is 23.8 Å². The summed E-state index contributed by atoms with van der Waals surface area (Å²) in [5, 5.41) is 0. The van der Waals surface area contributed by atoms with Crippen LogP contribution in [-0.2, 0) is 4.74 Å². The topological polar surface area (TPSA) is 81.6 Å². The molecule has 2 aliphatic heterocycles. The first-order valence-corrected chi connectivity index (χ1v) is 6.66. The number of carbonyl (C=O) groups excluding carboxylic acids is 1. The summed E-state index contributed by atoms with van der Waals surface area (Å²) in [6.45, 7) is 2.31. The van der Waals surface area contributed by atoms with Gasteiger partial charge in [-0.3, -0.25) is 4.79 Å². The normalized spacial score (nSPS) is 20.5. The molecular formula is C14H14N3O3. The van der Waals surface area contributed by atoms with E-state index in [1.807, 2.05) is 0 Å². The van der Waals surface area contributed by atoms with Crippen molar-refractivity contribution < 1.29 is 13.9 Å². The molecule has 0 bridgehead atoms. The van der Waals surface area contributed by atoms with E-state index in [9.17, 15) is 4.79 Å². The van der Waals surface area contributed by atoms with Crippen LogP contribution >= 0.6 is 0 Å². The first-order valence-electron chi connectivity index (χ1n) is 6.66. The number of fused-ring (bicyclic) bond motifs is 1. The van der Waals surface area contributed by atoms with Crippen molar-refractivity contribution in [2.75, 3.05) is 24.7 Å². The second-order valence-corrected chi connectivity index (χ2v) is 5.40. The van der Waals surface area contributed by atoms with Crippen LogP contribution in [0.1, 0.15) is 23.2 Å². The summed E-state index contributed by atoms with van der Waals surface area (Å²) in [5.74, 6) is -0.543. The number of aromatic nitrogens is 1. The van der Waals surface area contributed by atoms with Gasteiger partial charge >= 0.3 is 0 Å². The molecule has 2 aromatic rings. The standard InChI is InChI=1S/C14H14N3O3/c15-12(18)9-3-1-4-10-11(9)16-13(20-10)17-6-2-5-14(17)7-19-8-14/h1,4H,2,5-8H2,(H2,15,18). The van der Waals surface area contributed by atoms with E-state index in [-0.39, 0.29) is 11.1 Å². The lowest BCUT2D eigenvalue weighted by Crippen LogP contribution is -2.59. The third-order valence-corrected chi connectivity index (χ3v) is 4.16. The molecule has 0 atom stereocenters. The van der Waals surface area contributed by atoms with Gasteiger partial charge in [0, 0.05) is 6.54 Å². The fourth-order valence-electron chi connectivity index (χ4n) is 3.06. The molecule has 2 fully saturated rings. The molecular weight excluding hydrogens is 258 g/mol. The Morgan fingerprint density at radius 2 is 2.35 bits per heavy atom. The lowest BCUT2D eigenvalue weighted by atomic mass is 9.94. The molecule has 2 N–H and O–H groups in total. The van der Waals surface area contributed by atoms with Crippen molar-refractivity contribution in [1.82, 2.24) is 4.98 Å². The van der Waals surface area contributed by atoms with Crippen LogP contribution in [0.5, 0.6) is 0 Å². The van der Waals surface area contributed by atoms with E-state index in [1.165, 1.54) is 0 Å². The maximum Gasteiger partial charge on any atom is 0.299 e. The van der Waals surface area contributed by atoms with Crippen LogP contribution in [0.3, 0.4) is 0 Å². The van der Waals surface area contributed by atoms with Gasteiger partial charge in [-0.15, -0.1) is 0 Å². The number of carbonyl (C=O) groups is 1. The minimum atomic E-state index is -0.543. The van der Waals surface area contributed by atoms with E-state index in [2.05, 4.69) is 16.0 Å². The highest BCUT2D eigenvalue weighted by molar-refractivity contribution is 6.03. The summed E-state index contributed by atoms with van der Waals surface area (Å²) in [6, 6.07) is 6.74. The summed E-state index contributed by atoms with van der Waals surface area (Å²) in [4.78, 5) is 18.0. The van der Waals surface area contributed by atoms with Crippen LogP contribution < -0.4 is 10.6 Å². The van der Waals surface area contributed by atoms with Crippen molar-refractivity contribution >= 4 is 23.0 Å². The van der Waals surface area contributed by atoms with Crippen molar-refractivity contribution in [2.24, 2.45) is 5.73 Å². The second-order valence-electron chi connectivity index (χ2n) is 5.40. The van der Waals surface area contributed by atoms with Crippen molar-refractivity contribution in [2.45, 2.75) is 18.4 Å². The highest BCUT2D eigenvalue weighted by Gasteiger charge is 2.49. The van der Waals surface area contributed by atoms with E-state index in [4.69, 9.17) is 14.9 Å². The molecule has 1 spiro atoms. The first kappa shape index (κ1) is 11.7. The molecule has 1 aromatic heterocycles. The second kappa shape index (κ2) is 3.96. The van der Waals surface area contributed by atoms with Crippen molar-refractivity contribution in [3.63, 3.8) is 0 Å². The van der Waals surface area contributed by atoms with E-state index in [0.717, 1.165) is 19.4 Å². The van der Waals surface area contributed by atoms with Crippen LogP contribution in [0.15, 0.2) is 16.5 Å². The average molecular weight is 272 g/mol. The molecule has 103 valence electrons. The number of oxazole rings is 1. The van der Waals surface area contributed by atoms with Gasteiger partial charge in [0.2, 0.25) is 0 Å². The Kier molecular flexibility index (Phi) is 2.32. The van der Waals surface area contributed by atoms with E-state index in [1.54, 1.807) is 12.1 Å². The molecule has 0 unspecified atom stereocenters. The van der Waals surface area contributed by atoms with Crippen LogP contribution in [-0.4, -0.2) is 36.2 Å². The van der Waals surface area contributed by atoms with Gasteiger partial charge in [-0.1, -0.05) is 0 Å². The summed E-state index contributed by atoms with van der Waals surface area (Å²) in [7, 11) is 0. The summed E-state index contributed by atoms with van der Waals surface area (Å²) in [5.41, 5.74) is 6.69. The zero-order valence-corrected chi connectivity index (χ0v) is 10.9.